The van der Waals surface area contributed by atoms with E-state index in [1.807, 2.05) is 32.9 Å². The number of hydrogen-bond acceptors (Lipinski definition) is 5. The summed E-state index contributed by atoms with van der Waals surface area (Å²) >= 11 is 7.34. The Morgan fingerprint density at radius 3 is 2.56 bits per heavy atom. The SMILES string of the molecule is CC(=O)c1sc(NC(=O)COc2cc(C)c(Cl)cc2C(C)C)nc1C. The largest absolute Gasteiger partial charge is 0.483 e. The number of nitrogens with zero attached hydrogens (tertiary/aromatic N) is 1. The molecule has 1 amide bonds. The van der Waals surface area contributed by atoms with E-state index in [0.29, 0.717) is 26.5 Å². The van der Waals surface area contributed by atoms with Crippen molar-refractivity contribution in [2.45, 2.75) is 40.5 Å². The van der Waals surface area contributed by atoms with Crippen molar-refractivity contribution in [3.05, 3.63) is 38.9 Å². The fraction of sp³-hybridized carbons (Fsp3) is 0.389. The number of rotatable bonds is 6. The fourth-order valence-corrected chi connectivity index (χ4v) is 3.37. The number of hydrogen-bond donors (Lipinski definition) is 1. The van der Waals surface area contributed by atoms with Crippen molar-refractivity contribution < 1.29 is 14.3 Å². The van der Waals surface area contributed by atoms with Crippen molar-refractivity contribution in [3.63, 3.8) is 0 Å². The predicted molar refractivity (Wildman–Crippen MR) is 101 cm³/mol. The lowest BCUT2D eigenvalue weighted by atomic mass is 10.0. The van der Waals surface area contributed by atoms with E-state index in [1.165, 1.54) is 6.92 Å². The lowest BCUT2D eigenvalue weighted by Gasteiger charge is -2.15. The molecule has 0 saturated heterocycles. The molecule has 1 aromatic heterocycles. The zero-order valence-electron chi connectivity index (χ0n) is 14.9. The van der Waals surface area contributed by atoms with E-state index in [4.69, 9.17) is 16.3 Å². The maximum absolute atomic E-state index is 12.1. The third kappa shape index (κ3) is 4.80. The standard InChI is InChI=1S/C18H21ClN2O3S/c1-9(2)13-7-14(19)10(3)6-15(13)24-8-16(23)21-18-20-11(4)17(25-18)12(5)22/h6-7,9H,8H2,1-5H3,(H,20,21,23). The maximum atomic E-state index is 12.1. The summed E-state index contributed by atoms with van der Waals surface area (Å²) in [5.74, 6) is 0.471. The van der Waals surface area contributed by atoms with E-state index >= 15 is 0 Å². The van der Waals surface area contributed by atoms with E-state index in [-0.39, 0.29) is 24.2 Å². The first kappa shape index (κ1) is 19.4. The van der Waals surface area contributed by atoms with Crippen LogP contribution in [0.4, 0.5) is 5.13 Å². The zero-order chi connectivity index (χ0) is 18.7. The van der Waals surface area contributed by atoms with Crippen LogP contribution in [-0.2, 0) is 4.79 Å². The van der Waals surface area contributed by atoms with Crippen LogP contribution in [0.15, 0.2) is 12.1 Å². The van der Waals surface area contributed by atoms with Gasteiger partial charge in [-0.15, -0.1) is 0 Å². The average Bonchev–Trinajstić information content (AvgIpc) is 2.88. The third-order valence-electron chi connectivity index (χ3n) is 3.63. The molecule has 0 bridgehead atoms. The van der Waals surface area contributed by atoms with Gasteiger partial charge in [0.25, 0.3) is 5.91 Å². The first-order valence-electron chi connectivity index (χ1n) is 7.90. The van der Waals surface area contributed by atoms with Crippen molar-refractivity contribution in [1.82, 2.24) is 4.98 Å². The molecule has 7 heteroatoms. The number of ether oxygens (including phenoxy) is 1. The van der Waals surface area contributed by atoms with Gasteiger partial charge >= 0.3 is 0 Å². The van der Waals surface area contributed by atoms with E-state index in [2.05, 4.69) is 10.3 Å². The zero-order valence-corrected chi connectivity index (χ0v) is 16.5. The highest BCUT2D eigenvalue weighted by Gasteiger charge is 2.15. The van der Waals surface area contributed by atoms with Gasteiger partial charge < -0.3 is 4.74 Å². The van der Waals surface area contributed by atoms with Crippen LogP contribution in [0.25, 0.3) is 0 Å². The number of amides is 1. The van der Waals surface area contributed by atoms with Gasteiger partial charge in [-0.3, -0.25) is 14.9 Å². The number of halogens is 1. The molecule has 1 heterocycles. The summed E-state index contributed by atoms with van der Waals surface area (Å²) < 4.78 is 5.69. The number of anilines is 1. The molecule has 1 aromatic carbocycles. The van der Waals surface area contributed by atoms with Gasteiger partial charge in [-0.2, -0.15) is 0 Å². The molecule has 134 valence electrons. The summed E-state index contributed by atoms with van der Waals surface area (Å²) in [5.41, 5.74) is 2.46. The van der Waals surface area contributed by atoms with Crippen molar-refractivity contribution in [1.29, 1.82) is 0 Å². The van der Waals surface area contributed by atoms with Gasteiger partial charge in [0, 0.05) is 11.9 Å². The van der Waals surface area contributed by atoms with Gasteiger partial charge in [0.05, 0.1) is 10.6 Å². The average molecular weight is 381 g/mol. The first-order valence-corrected chi connectivity index (χ1v) is 9.09. The molecular weight excluding hydrogens is 360 g/mol. The number of carbonyl (C=O) groups is 2. The third-order valence-corrected chi connectivity index (χ3v) is 5.22. The minimum absolute atomic E-state index is 0.0648. The molecular formula is C18H21ClN2O3S. The minimum Gasteiger partial charge on any atom is -0.483 e. The van der Waals surface area contributed by atoms with Crippen LogP contribution in [0.2, 0.25) is 5.02 Å². The summed E-state index contributed by atoms with van der Waals surface area (Å²) in [7, 11) is 0. The fourth-order valence-electron chi connectivity index (χ4n) is 2.32. The van der Waals surface area contributed by atoms with Crippen molar-refractivity contribution in [2.75, 3.05) is 11.9 Å². The Labute approximate surface area is 156 Å². The Bertz CT molecular complexity index is 815. The van der Waals surface area contributed by atoms with Crippen molar-refractivity contribution in [2.24, 2.45) is 0 Å². The second-order valence-electron chi connectivity index (χ2n) is 6.12. The number of aryl methyl sites for hydroxylation is 2. The maximum Gasteiger partial charge on any atom is 0.264 e. The van der Waals surface area contributed by atoms with Gasteiger partial charge in [-0.05, 0) is 43.0 Å². The molecule has 2 rings (SSSR count). The summed E-state index contributed by atoms with van der Waals surface area (Å²) in [6.07, 6.45) is 0. The van der Waals surface area contributed by atoms with Gasteiger partial charge in [-0.1, -0.05) is 36.8 Å². The highest BCUT2D eigenvalue weighted by Crippen LogP contribution is 2.32. The number of carbonyl (C=O) groups excluding carboxylic acids is 2. The molecule has 5 nitrogen and oxygen atoms in total. The van der Waals surface area contributed by atoms with Crippen LogP contribution in [-0.4, -0.2) is 23.3 Å². The van der Waals surface area contributed by atoms with Gasteiger partial charge in [0.15, 0.2) is 17.5 Å². The van der Waals surface area contributed by atoms with Gasteiger partial charge in [0.2, 0.25) is 0 Å². The summed E-state index contributed by atoms with van der Waals surface area (Å²) in [6, 6.07) is 3.71. The molecule has 25 heavy (non-hydrogen) atoms. The molecule has 0 unspecified atom stereocenters. The number of nitrogens with one attached hydrogen (secondary N) is 1. The molecule has 0 fully saturated rings. The number of benzene rings is 1. The summed E-state index contributed by atoms with van der Waals surface area (Å²) in [6.45, 7) is 9.04. The monoisotopic (exact) mass is 380 g/mol. The van der Waals surface area contributed by atoms with E-state index < -0.39 is 0 Å². The summed E-state index contributed by atoms with van der Waals surface area (Å²) in [4.78, 5) is 28.3. The van der Waals surface area contributed by atoms with Gasteiger partial charge in [0.1, 0.15) is 5.75 Å². The van der Waals surface area contributed by atoms with E-state index in [9.17, 15) is 9.59 Å². The number of Topliss-reactive ketones (excluding diaryl/α,β-unsaturated/α-hetero) is 1. The Balaban J connectivity index is 2.06. The van der Waals surface area contributed by atoms with Crippen LogP contribution in [0.3, 0.4) is 0 Å². The van der Waals surface area contributed by atoms with Crippen molar-refractivity contribution >= 4 is 39.8 Å². The molecule has 0 radical (unpaired) electrons. The van der Waals surface area contributed by atoms with E-state index in [0.717, 1.165) is 22.5 Å². The smallest absolute Gasteiger partial charge is 0.264 e. The lowest BCUT2D eigenvalue weighted by Crippen LogP contribution is -2.20. The molecule has 0 saturated carbocycles. The summed E-state index contributed by atoms with van der Waals surface area (Å²) in [5, 5.41) is 3.74. The second kappa shape index (κ2) is 7.97. The van der Waals surface area contributed by atoms with Gasteiger partial charge in [-0.25, -0.2) is 4.98 Å². The molecule has 0 aliphatic rings. The van der Waals surface area contributed by atoms with E-state index in [1.54, 1.807) is 6.92 Å². The highest BCUT2D eigenvalue weighted by atomic mass is 35.5. The Morgan fingerprint density at radius 2 is 2.00 bits per heavy atom. The normalized spacial score (nSPS) is 10.8. The molecule has 0 spiro atoms. The van der Waals surface area contributed by atoms with Crippen LogP contribution in [0.1, 0.15) is 53.2 Å². The molecule has 0 aliphatic carbocycles. The first-order chi connectivity index (χ1) is 11.7. The Morgan fingerprint density at radius 1 is 1.32 bits per heavy atom. The predicted octanol–water partition coefficient (Wildman–Crippen LogP) is 4.76. The molecule has 0 aliphatic heterocycles. The van der Waals surface area contributed by atoms with Crippen LogP contribution in [0, 0.1) is 13.8 Å². The molecule has 2 aromatic rings. The number of thiazole rings is 1. The Hall–Kier alpha value is -1.92. The lowest BCUT2D eigenvalue weighted by molar-refractivity contribution is -0.118. The second-order valence-corrected chi connectivity index (χ2v) is 7.53. The minimum atomic E-state index is -0.328. The molecule has 0 atom stereocenters. The Kier molecular flexibility index (Phi) is 6.19. The topological polar surface area (TPSA) is 68.3 Å². The van der Waals surface area contributed by atoms with Crippen LogP contribution in [0.5, 0.6) is 5.75 Å². The molecule has 1 N–H and O–H groups in total. The number of aromatic nitrogens is 1. The number of ketones is 1. The quantitative estimate of drug-likeness (QED) is 0.734. The van der Waals surface area contributed by atoms with Crippen LogP contribution >= 0.6 is 22.9 Å². The highest BCUT2D eigenvalue weighted by molar-refractivity contribution is 7.17. The van der Waals surface area contributed by atoms with Crippen molar-refractivity contribution in [3.8, 4) is 5.75 Å². The van der Waals surface area contributed by atoms with Crippen LogP contribution < -0.4 is 10.1 Å².